The van der Waals surface area contributed by atoms with Crippen LogP contribution in [0.2, 0.25) is 0 Å². The number of nitrogens with zero attached hydrogens (tertiary/aromatic N) is 3. The predicted octanol–water partition coefficient (Wildman–Crippen LogP) is 2.14. The highest BCUT2D eigenvalue weighted by Crippen LogP contribution is 2.26. The van der Waals surface area contributed by atoms with E-state index in [4.69, 9.17) is 9.26 Å². The molecule has 112 valence electrons. The van der Waals surface area contributed by atoms with Gasteiger partial charge in [0.1, 0.15) is 11.9 Å². The van der Waals surface area contributed by atoms with Gasteiger partial charge in [-0.2, -0.15) is 4.98 Å². The molecule has 0 aliphatic carbocycles. The molecule has 1 fully saturated rings. The number of hydrogen-bond donors (Lipinski definition) is 1. The van der Waals surface area contributed by atoms with E-state index < -0.39 is 0 Å². The van der Waals surface area contributed by atoms with E-state index in [9.17, 15) is 5.11 Å². The molecule has 1 aliphatic heterocycles. The second-order valence-corrected chi connectivity index (χ2v) is 5.21. The Morgan fingerprint density at radius 3 is 3.05 bits per heavy atom. The fourth-order valence-electron chi connectivity index (χ4n) is 2.42. The van der Waals surface area contributed by atoms with Crippen LogP contribution >= 0.6 is 0 Å². The van der Waals surface area contributed by atoms with Gasteiger partial charge in [0, 0.05) is 18.7 Å². The van der Waals surface area contributed by atoms with Crippen molar-refractivity contribution in [2.75, 3.05) is 26.2 Å². The second-order valence-electron chi connectivity index (χ2n) is 5.21. The number of phenolic OH excluding ortho intramolecular Hbond substituents is 1. The van der Waals surface area contributed by atoms with Gasteiger partial charge in [-0.3, -0.25) is 4.90 Å². The number of benzene rings is 1. The van der Waals surface area contributed by atoms with E-state index in [1.807, 2.05) is 13.0 Å². The number of aromatic hydroxyl groups is 1. The molecule has 1 aromatic carbocycles. The monoisotopic (exact) mass is 289 g/mol. The Morgan fingerprint density at radius 1 is 1.43 bits per heavy atom. The molecule has 0 spiro atoms. The van der Waals surface area contributed by atoms with E-state index in [-0.39, 0.29) is 11.9 Å². The number of likely N-dealkylation sites (N-methyl/N-ethyl adjacent to an activating group) is 1. The fourth-order valence-corrected chi connectivity index (χ4v) is 2.42. The number of hydrogen-bond acceptors (Lipinski definition) is 6. The number of rotatable bonds is 3. The summed E-state index contributed by atoms with van der Waals surface area (Å²) >= 11 is 0. The molecule has 0 saturated carbocycles. The van der Waals surface area contributed by atoms with E-state index in [2.05, 4.69) is 22.0 Å². The van der Waals surface area contributed by atoms with E-state index in [1.54, 1.807) is 12.1 Å². The first kappa shape index (κ1) is 14.0. The van der Waals surface area contributed by atoms with Gasteiger partial charge >= 0.3 is 0 Å². The summed E-state index contributed by atoms with van der Waals surface area (Å²) in [6, 6.07) is 5.22. The Hall–Kier alpha value is -1.92. The van der Waals surface area contributed by atoms with Crippen LogP contribution in [0.5, 0.6) is 5.75 Å². The summed E-state index contributed by atoms with van der Waals surface area (Å²) in [5.74, 6) is 1.28. The molecule has 6 heteroatoms. The van der Waals surface area contributed by atoms with Gasteiger partial charge in [0.15, 0.2) is 0 Å². The predicted molar refractivity (Wildman–Crippen MR) is 76.9 cm³/mol. The lowest BCUT2D eigenvalue weighted by Crippen LogP contribution is -2.38. The van der Waals surface area contributed by atoms with E-state index in [1.165, 1.54) is 0 Å². The van der Waals surface area contributed by atoms with Gasteiger partial charge in [-0.1, -0.05) is 12.1 Å². The Labute approximate surface area is 123 Å². The summed E-state index contributed by atoms with van der Waals surface area (Å²) in [4.78, 5) is 6.73. The van der Waals surface area contributed by atoms with Gasteiger partial charge in [0.2, 0.25) is 5.82 Å². The van der Waals surface area contributed by atoms with Crippen molar-refractivity contribution >= 4 is 0 Å². The summed E-state index contributed by atoms with van der Waals surface area (Å²) in [6.07, 6.45) is -0.144. The highest BCUT2D eigenvalue weighted by atomic mass is 16.5. The molecule has 1 aromatic heterocycles. The zero-order valence-electron chi connectivity index (χ0n) is 12.2. The summed E-state index contributed by atoms with van der Waals surface area (Å²) in [5, 5.41) is 13.6. The van der Waals surface area contributed by atoms with Crippen LogP contribution in [0.1, 0.15) is 24.4 Å². The molecule has 1 unspecified atom stereocenters. The zero-order valence-corrected chi connectivity index (χ0v) is 12.2. The molecule has 1 N–H and O–H groups in total. The molecule has 0 radical (unpaired) electrons. The number of aromatic nitrogens is 2. The third kappa shape index (κ3) is 2.91. The van der Waals surface area contributed by atoms with Crippen LogP contribution in [0.4, 0.5) is 0 Å². The molecule has 1 saturated heterocycles. The average molecular weight is 289 g/mol. The maximum Gasteiger partial charge on any atom is 0.258 e. The van der Waals surface area contributed by atoms with Crippen molar-refractivity contribution in [2.45, 2.75) is 20.0 Å². The molecule has 2 aromatic rings. The lowest BCUT2D eigenvalue weighted by Gasteiger charge is -2.30. The molecule has 2 heterocycles. The lowest BCUT2D eigenvalue weighted by atomic mass is 10.1. The van der Waals surface area contributed by atoms with Crippen molar-refractivity contribution in [3.05, 3.63) is 29.6 Å². The highest BCUT2D eigenvalue weighted by Gasteiger charge is 2.25. The normalized spacial score (nSPS) is 19.8. The molecule has 0 bridgehead atoms. The molecule has 6 nitrogen and oxygen atoms in total. The first-order valence-electron chi connectivity index (χ1n) is 7.15. The van der Waals surface area contributed by atoms with Gasteiger partial charge in [-0.05, 0) is 37.2 Å². The molecular weight excluding hydrogens is 270 g/mol. The van der Waals surface area contributed by atoms with Crippen LogP contribution in [0.25, 0.3) is 11.5 Å². The van der Waals surface area contributed by atoms with E-state index in [0.717, 1.165) is 30.8 Å². The third-order valence-electron chi connectivity index (χ3n) is 3.77. The van der Waals surface area contributed by atoms with Gasteiger partial charge in [-0.15, -0.1) is 0 Å². The molecule has 0 amide bonds. The Bertz CT molecular complexity index is 626. The minimum Gasteiger partial charge on any atom is -0.508 e. The van der Waals surface area contributed by atoms with Gasteiger partial charge in [0.25, 0.3) is 5.89 Å². The molecule has 1 aliphatic rings. The number of aryl methyl sites for hydroxylation is 1. The summed E-state index contributed by atoms with van der Waals surface area (Å²) < 4.78 is 11.0. The van der Waals surface area contributed by atoms with Crippen molar-refractivity contribution in [3.8, 4) is 17.2 Å². The van der Waals surface area contributed by atoms with Crippen molar-refractivity contribution in [2.24, 2.45) is 0 Å². The topological polar surface area (TPSA) is 71.6 Å². The van der Waals surface area contributed by atoms with Crippen molar-refractivity contribution < 1.29 is 14.4 Å². The fraction of sp³-hybridized carbons (Fsp3) is 0.467. The quantitative estimate of drug-likeness (QED) is 0.933. The standard InChI is InChI=1S/C15H19N3O3/c1-3-18-6-7-20-13(9-18)14-16-15(21-17-14)11-4-5-12(19)10(2)8-11/h4-5,8,13,19H,3,6-7,9H2,1-2H3. The zero-order chi connectivity index (χ0) is 14.8. The summed E-state index contributed by atoms with van der Waals surface area (Å²) in [6.45, 7) is 7.35. The van der Waals surface area contributed by atoms with Gasteiger partial charge in [0.05, 0.1) is 6.61 Å². The maximum atomic E-state index is 9.56. The largest absolute Gasteiger partial charge is 0.508 e. The molecule has 3 rings (SSSR count). The first-order chi connectivity index (χ1) is 10.2. The number of phenols is 1. The van der Waals surface area contributed by atoms with Crippen LogP contribution in [-0.2, 0) is 4.74 Å². The van der Waals surface area contributed by atoms with Crippen molar-refractivity contribution in [1.29, 1.82) is 0 Å². The minimum atomic E-state index is -0.144. The first-order valence-corrected chi connectivity index (χ1v) is 7.15. The SMILES string of the molecule is CCN1CCOC(c2noc(-c3ccc(O)c(C)c3)n2)C1. The molecular formula is C15H19N3O3. The maximum absolute atomic E-state index is 9.56. The molecule has 21 heavy (non-hydrogen) atoms. The minimum absolute atomic E-state index is 0.144. The average Bonchev–Trinajstić information content (AvgIpc) is 3.00. The highest BCUT2D eigenvalue weighted by molar-refractivity contribution is 5.56. The van der Waals surface area contributed by atoms with Crippen LogP contribution in [-0.4, -0.2) is 46.4 Å². The summed E-state index contributed by atoms with van der Waals surface area (Å²) in [5.41, 5.74) is 1.57. The second kappa shape index (κ2) is 5.83. The smallest absolute Gasteiger partial charge is 0.258 e. The van der Waals surface area contributed by atoms with E-state index >= 15 is 0 Å². The Kier molecular flexibility index (Phi) is 3.90. The van der Waals surface area contributed by atoms with Crippen LogP contribution in [0, 0.1) is 6.92 Å². The lowest BCUT2D eigenvalue weighted by molar-refractivity contribution is -0.0334. The van der Waals surface area contributed by atoms with Crippen molar-refractivity contribution in [1.82, 2.24) is 15.0 Å². The van der Waals surface area contributed by atoms with Crippen LogP contribution in [0.3, 0.4) is 0 Å². The molecule has 1 atom stereocenters. The number of morpholine rings is 1. The Balaban J connectivity index is 1.81. The van der Waals surface area contributed by atoms with Gasteiger partial charge in [-0.25, -0.2) is 0 Å². The van der Waals surface area contributed by atoms with Crippen molar-refractivity contribution in [3.63, 3.8) is 0 Å². The number of ether oxygens (including phenoxy) is 1. The van der Waals surface area contributed by atoms with Gasteiger partial charge < -0.3 is 14.4 Å². The van der Waals surface area contributed by atoms with Crippen LogP contribution < -0.4 is 0 Å². The van der Waals surface area contributed by atoms with Crippen LogP contribution in [0.15, 0.2) is 22.7 Å². The third-order valence-corrected chi connectivity index (χ3v) is 3.77. The Morgan fingerprint density at radius 2 is 2.29 bits per heavy atom. The van der Waals surface area contributed by atoms with E-state index in [0.29, 0.717) is 18.3 Å². The summed E-state index contributed by atoms with van der Waals surface area (Å²) in [7, 11) is 0.